The summed E-state index contributed by atoms with van der Waals surface area (Å²) < 4.78 is 27.7. The van der Waals surface area contributed by atoms with Crippen molar-refractivity contribution in [1.82, 2.24) is 15.0 Å². The molecular formula is C24H25ClF2N4O2. The summed E-state index contributed by atoms with van der Waals surface area (Å²) in [4.78, 5) is 36.6. The van der Waals surface area contributed by atoms with E-state index in [-0.39, 0.29) is 48.1 Å². The van der Waals surface area contributed by atoms with Gasteiger partial charge in [-0.1, -0.05) is 32.4 Å². The zero-order valence-electron chi connectivity index (χ0n) is 18.6. The number of rotatable bonds is 3. The van der Waals surface area contributed by atoms with Gasteiger partial charge in [-0.3, -0.25) is 19.6 Å². The van der Waals surface area contributed by atoms with Crippen molar-refractivity contribution in [3.8, 4) is 11.3 Å². The first-order valence-electron chi connectivity index (χ1n) is 10.8. The quantitative estimate of drug-likeness (QED) is 0.535. The van der Waals surface area contributed by atoms with Crippen molar-refractivity contribution in [3.63, 3.8) is 0 Å². The molecule has 1 saturated carbocycles. The van der Waals surface area contributed by atoms with Crippen LogP contribution in [0.5, 0.6) is 0 Å². The molecule has 3 aromatic rings. The smallest absolute Gasteiger partial charge is 0.268 e. The summed E-state index contributed by atoms with van der Waals surface area (Å²) in [5, 5.41) is 0.522. The highest BCUT2D eigenvalue weighted by Crippen LogP contribution is 2.44. The number of hydrogen-bond donors (Lipinski definition) is 2. The Balaban J connectivity index is 1.93. The van der Waals surface area contributed by atoms with Crippen LogP contribution in [0.15, 0.2) is 29.2 Å². The Morgan fingerprint density at radius 2 is 1.91 bits per heavy atom. The zero-order valence-corrected chi connectivity index (χ0v) is 19.4. The number of aromatic amines is 1. The van der Waals surface area contributed by atoms with Gasteiger partial charge in [-0.05, 0) is 25.0 Å². The molecule has 0 radical (unpaired) electrons. The molecule has 0 saturated heterocycles. The number of nitrogens with two attached hydrogens (primary N) is 1. The lowest BCUT2D eigenvalue weighted by Gasteiger charge is -2.30. The third kappa shape index (κ3) is 4.49. The van der Waals surface area contributed by atoms with Crippen LogP contribution in [-0.2, 0) is 5.41 Å². The van der Waals surface area contributed by atoms with E-state index in [9.17, 15) is 18.4 Å². The standard InChI is InChI=1S/C24H25ClF2N4O2/c1-23(2,3)21-14(25)10-13(19(31-21)12-4-7-24(26,27)8-5-12)16-11-17(32)18-15(30-16)6-9-29-20(18)22(28)33/h6,9-12H,4-5,7-8H2,1-3H3,(H2,28,33)(H,30,32). The van der Waals surface area contributed by atoms with Crippen molar-refractivity contribution >= 4 is 28.4 Å². The Hall–Kier alpha value is -2.87. The molecule has 9 heteroatoms. The Labute approximate surface area is 194 Å². The van der Waals surface area contributed by atoms with Crippen LogP contribution in [-0.4, -0.2) is 26.8 Å². The minimum absolute atomic E-state index is 0.0953. The number of carbonyl (C=O) groups is 1. The van der Waals surface area contributed by atoms with E-state index in [1.54, 1.807) is 12.1 Å². The fourth-order valence-corrected chi connectivity index (χ4v) is 4.84. The molecule has 33 heavy (non-hydrogen) atoms. The van der Waals surface area contributed by atoms with Gasteiger partial charge in [0.15, 0.2) is 5.43 Å². The SMILES string of the molecule is CC(C)(C)c1nc(C2CCC(F)(F)CC2)c(-c2cc(=O)c3c(C(N)=O)nccc3[nH]2)cc1Cl. The average Bonchev–Trinajstić information content (AvgIpc) is 2.72. The fraction of sp³-hybridized carbons (Fsp3) is 0.417. The molecule has 4 rings (SSSR count). The average molecular weight is 475 g/mol. The van der Waals surface area contributed by atoms with E-state index in [2.05, 4.69) is 9.97 Å². The minimum atomic E-state index is -2.68. The number of amides is 1. The summed E-state index contributed by atoms with van der Waals surface area (Å²) in [7, 11) is 0. The summed E-state index contributed by atoms with van der Waals surface area (Å²) in [6, 6.07) is 4.66. The second kappa shape index (κ2) is 8.17. The molecular weight excluding hydrogens is 450 g/mol. The first-order valence-corrected chi connectivity index (χ1v) is 11.2. The number of aromatic nitrogens is 3. The van der Waals surface area contributed by atoms with Crippen molar-refractivity contribution in [2.45, 2.75) is 63.7 Å². The van der Waals surface area contributed by atoms with E-state index >= 15 is 0 Å². The van der Waals surface area contributed by atoms with Crippen molar-refractivity contribution in [1.29, 1.82) is 0 Å². The van der Waals surface area contributed by atoms with Gasteiger partial charge in [0, 0.05) is 42.0 Å². The van der Waals surface area contributed by atoms with Crippen molar-refractivity contribution < 1.29 is 13.6 Å². The van der Waals surface area contributed by atoms with Crippen LogP contribution in [0.1, 0.15) is 74.2 Å². The maximum absolute atomic E-state index is 13.8. The number of alkyl halides is 2. The van der Waals surface area contributed by atoms with E-state index in [1.807, 2.05) is 20.8 Å². The van der Waals surface area contributed by atoms with E-state index in [4.69, 9.17) is 22.3 Å². The minimum Gasteiger partial charge on any atom is -0.364 e. The van der Waals surface area contributed by atoms with Gasteiger partial charge < -0.3 is 10.7 Å². The van der Waals surface area contributed by atoms with Gasteiger partial charge in [-0.2, -0.15) is 0 Å². The Bertz CT molecular complexity index is 1300. The number of nitrogens with zero attached hydrogens (tertiary/aromatic N) is 2. The zero-order chi connectivity index (χ0) is 24.1. The van der Waals surface area contributed by atoms with Crippen molar-refractivity contribution in [2.24, 2.45) is 5.73 Å². The molecule has 0 aromatic carbocycles. The maximum atomic E-state index is 13.8. The maximum Gasteiger partial charge on any atom is 0.268 e. The van der Waals surface area contributed by atoms with Crippen LogP contribution in [0, 0.1) is 0 Å². The molecule has 3 aromatic heterocycles. The third-order valence-electron chi connectivity index (χ3n) is 6.09. The number of carbonyl (C=O) groups excluding carboxylic acids is 1. The molecule has 6 nitrogen and oxygen atoms in total. The van der Waals surface area contributed by atoms with Crippen LogP contribution in [0.4, 0.5) is 8.78 Å². The predicted molar refractivity (Wildman–Crippen MR) is 124 cm³/mol. The lowest BCUT2D eigenvalue weighted by atomic mass is 9.81. The highest BCUT2D eigenvalue weighted by Gasteiger charge is 2.37. The van der Waals surface area contributed by atoms with Crippen LogP contribution in [0.3, 0.4) is 0 Å². The van der Waals surface area contributed by atoms with Gasteiger partial charge in [0.2, 0.25) is 5.92 Å². The first kappa shape index (κ1) is 23.3. The third-order valence-corrected chi connectivity index (χ3v) is 6.37. The predicted octanol–water partition coefficient (Wildman–Crippen LogP) is 5.33. The monoisotopic (exact) mass is 474 g/mol. The first-order chi connectivity index (χ1) is 15.4. The molecule has 0 atom stereocenters. The molecule has 3 N–H and O–H groups in total. The number of nitrogens with one attached hydrogen (secondary N) is 1. The van der Waals surface area contributed by atoms with Crippen molar-refractivity contribution in [3.05, 3.63) is 56.7 Å². The van der Waals surface area contributed by atoms with Crippen LogP contribution in [0.2, 0.25) is 5.02 Å². The number of halogens is 3. The van der Waals surface area contributed by atoms with Crippen LogP contribution < -0.4 is 11.2 Å². The number of fused-ring (bicyclic) bond motifs is 1. The molecule has 0 bridgehead atoms. The molecule has 1 amide bonds. The Morgan fingerprint density at radius 1 is 1.24 bits per heavy atom. The van der Waals surface area contributed by atoms with Gasteiger partial charge in [0.1, 0.15) is 5.69 Å². The molecule has 174 valence electrons. The van der Waals surface area contributed by atoms with Crippen LogP contribution >= 0.6 is 11.6 Å². The molecule has 3 heterocycles. The molecule has 1 aliphatic rings. The van der Waals surface area contributed by atoms with Crippen LogP contribution in [0.25, 0.3) is 22.2 Å². The van der Waals surface area contributed by atoms with E-state index < -0.39 is 17.3 Å². The Morgan fingerprint density at radius 3 is 2.52 bits per heavy atom. The number of H-pyrrole nitrogens is 1. The topological polar surface area (TPSA) is 102 Å². The molecule has 0 spiro atoms. The molecule has 0 unspecified atom stereocenters. The highest BCUT2D eigenvalue weighted by atomic mass is 35.5. The van der Waals surface area contributed by atoms with Gasteiger partial charge >= 0.3 is 0 Å². The molecule has 1 fully saturated rings. The fourth-order valence-electron chi connectivity index (χ4n) is 4.40. The summed E-state index contributed by atoms with van der Waals surface area (Å²) in [6.45, 7) is 5.95. The summed E-state index contributed by atoms with van der Waals surface area (Å²) >= 11 is 6.60. The normalized spacial score (nSPS) is 16.8. The van der Waals surface area contributed by atoms with E-state index in [1.165, 1.54) is 12.3 Å². The molecule has 1 aliphatic carbocycles. The Kier molecular flexibility index (Phi) is 5.76. The highest BCUT2D eigenvalue weighted by molar-refractivity contribution is 6.31. The second-order valence-corrected chi connectivity index (χ2v) is 10.0. The second-order valence-electron chi connectivity index (χ2n) is 9.63. The summed E-state index contributed by atoms with van der Waals surface area (Å²) in [5.74, 6) is -3.68. The van der Waals surface area contributed by atoms with Gasteiger partial charge in [-0.15, -0.1) is 0 Å². The van der Waals surface area contributed by atoms with Gasteiger partial charge in [-0.25, -0.2) is 8.78 Å². The van der Waals surface area contributed by atoms with Crippen molar-refractivity contribution in [2.75, 3.05) is 0 Å². The lowest BCUT2D eigenvalue weighted by Crippen LogP contribution is -2.25. The van der Waals surface area contributed by atoms with E-state index in [0.717, 1.165) is 0 Å². The number of pyridine rings is 3. The van der Waals surface area contributed by atoms with Gasteiger partial charge in [0.05, 0.1) is 33.0 Å². The molecule has 0 aliphatic heterocycles. The lowest BCUT2D eigenvalue weighted by molar-refractivity contribution is -0.0384. The van der Waals surface area contributed by atoms with E-state index in [0.29, 0.717) is 33.2 Å². The summed E-state index contributed by atoms with van der Waals surface area (Å²) in [6.07, 6.45) is 1.53. The van der Waals surface area contributed by atoms with Gasteiger partial charge in [0.25, 0.3) is 5.91 Å². The summed E-state index contributed by atoms with van der Waals surface area (Å²) in [5.41, 5.74) is 7.19. The number of primary amides is 1. The largest absolute Gasteiger partial charge is 0.364 e. The number of hydrogen-bond acceptors (Lipinski definition) is 4.